The molecule has 0 amide bonds. The Kier molecular flexibility index (Phi) is 8.01. The van der Waals surface area contributed by atoms with E-state index >= 15 is 0 Å². The average Bonchev–Trinajstić information content (AvgIpc) is 3.02. The van der Waals surface area contributed by atoms with Gasteiger partial charge in [0.2, 0.25) is 0 Å². The van der Waals surface area contributed by atoms with Gasteiger partial charge < -0.3 is 14.1 Å². The van der Waals surface area contributed by atoms with Crippen molar-refractivity contribution in [3.63, 3.8) is 0 Å². The second-order valence-electron chi connectivity index (χ2n) is 8.92. The van der Waals surface area contributed by atoms with E-state index in [4.69, 9.17) is 19.9 Å². The van der Waals surface area contributed by atoms with E-state index in [1.54, 1.807) is 17.4 Å². The van der Waals surface area contributed by atoms with E-state index in [-0.39, 0.29) is 17.2 Å². The Hall–Kier alpha value is -0.863. The van der Waals surface area contributed by atoms with Gasteiger partial charge in [0.1, 0.15) is 18.4 Å². The molecule has 1 saturated heterocycles. The van der Waals surface area contributed by atoms with Crippen molar-refractivity contribution in [1.82, 2.24) is 14.5 Å². The van der Waals surface area contributed by atoms with E-state index in [2.05, 4.69) is 66.4 Å². The summed E-state index contributed by atoms with van der Waals surface area (Å²) in [6.45, 7) is 11.3. The zero-order chi connectivity index (χ0) is 22.0. The summed E-state index contributed by atoms with van der Waals surface area (Å²) in [6.07, 6.45) is 2.52. The zero-order valence-electron chi connectivity index (χ0n) is 18.2. The Balaban J connectivity index is 2.17. The minimum Gasteiger partial charge on any atom is -0.414 e. The summed E-state index contributed by atoms with van der Waals surface area (Å²) in [6, 6.07) is 0. The van der Waals surface area contributed by atoms with Crippen LogP contribution in [-0.2, 0) is 14.0 Å². The van der Waals surface area contributed by atoms with Crippen LogP contribution in [-0.4, -0.2) is 62.0 Å². The lowest BCUT2D eigenvalue weighted by molar-refractivity contribution is -0.0605. The molecule has 0 radical (unpaired) electrons. The number of hydrogen-bond acceptors (Lipinski definition) is 7. The van der Waals surface area contributed by atoms with Gasteiger partial charge in [-0.25, -0.2) is 15.7 Å². The smallest absolute Gasteiger partial charge is 0.351 e. The van der Waals surface area contributed by atoms with Gasteiger partial charge in [-0.1, -0.05) is 20.8 Å². The van der Waals surface area contributed by atoms with Gasteiger partial charge >= 0.3 is 5.69 Å². The van der Waals surface area contributed by atoms with Gasteiger partial charge in [0.05, 0.1) is 16.5 Å². The highest BCUT2D eigenvalue weighted by molar-refractivity contribution is 14.1. The van der Waals surface area contributed by atoms with Gasteiger partial charge in [-0.15, -0.1) is 0 Å². The first-order valence-electron chi connectivity index (χ1n) is 9.50. The average molecular weight is 537 g/mol. The molecular formula is C18H32IN5O4Si. The lowest BCUT2D eigenvalue weighted by atomic mass is 10.2. The van der Waals surface area contributed by atoms with E-state index in [1.165, 1.54) is 4.57 Å². The number of ether oxygens (including phenoxy) is 1. The topological polar surface area (TPSA) is 104 Å². The second kappa shape index (κ2) is 9.52. The highest BCUT2D eigenvalue weighted by Gasteiger charge is 2.42. The lowest BCUT2D eigenvalue weighted by Crippen LogP contribution is -2.44. The van der Waals surface area contributed by atoms with Crippen LogP contribution in [0, 0.1) is 3.57 Å². The van der Waals surface area contributed by atoms with Crippen molar-refractivity contribution in [3.05, 3.63) is 20.3 Å². The maximum Gasteiger partial charge on any atom is 0.351 e. The van der Waals surface area contributed by atoms with Gasteiger partial charge in [0.15, 0.2) is 14.1 Å². The third kappa shape index (κ3) is 6.07. The molecular weight excluding hydrogens is 505 g/mol. The summed E-state index contributed by atoms with van der Waals surface area (Å²) >= 11 is 2.11. The Bertz CT molecular complexity index is 793. The molecule has 0 bridgehead atoms. The largest absolute Gasteiger partial charge is 0.414 e. The molecule has 2 heterocycles. The molecule has 0 aliphatic carbocycles. The number of rotatable bonds is 7. The third-order valence-electron chi connectivity index (χ3n) is 5.38. The Labute approximate surface area is 186 Å². The summed E-state index contributed by atoms with van der Waals surface area (Å²) in [5.41, 5.74) is -0.428. The molecule has 1 aromatic rings. The highest BCUT2D eigenvalue weighted by Crippen LogP contribution is 2.38. The lowest BCUT2D eigenvalue weighted by Gasteiger charge is -2.37. The van der Waals surface area contributed by atoms with Gasteiger partial charge in [0.25, 0.3) is 0 Å². The fourth-order valence-corrected chi connectivity index (χ4v) is 4.15. The molecule has 1 aliphatic rings. The van der Waals surface area contributed by atoms with E-state index in [0.717, 1.165) is 3.57 Å². The predicted molar refractivity (Wildman–Crippen MR) is 124 cm³/mol. The summed E-state index contributed by atoms with van der Waals surface area (Å²) in [7, 11) is 1.76. The molecule has 0 spiro atoms. The van der Waals surface area contributed by atoms with Crippen LogP contribution in [0.5, 0.6) is 0 Å². The molecule has 11 heteroatoms. The minimum absolute atomic E-state index is 0.0873. The normalized spacial score (nSPS) is 23.1. The van der Waals surface area contributed by atoms with Crippen LogP contribution in [0.1, 0.15) is 33.4 Å². The molecule has 3 atom stereocenters. The number of hydrogen-bond donors (Lipinski definition) is 1. The summed E-state index contributed by atoms with van der Waals surface area (Å²) in [4.78, 5) is 27.8. The van der Waals surface area contributed by atoms with Crippen LogP contribution in [0.3, 0.4) is 0 Å². The van der Waals surface area contributed by atoms with E-state index in [1.807, 2.05) is 14.1 Å². The van der Waals surface area contributed by atoms with Gasteiger partial charge in [-0.3, -0.25) is 9.40 Å². The molecule has 29 heavy (non-hydrogen) atoms. The molecule has 2 rings (SSSR count). The SMILES string of the molecule is CN(C)C=Nc1nc(=O)n([C@H]2CC(ON)[C@@H](CO[Si](C)(C)C(C)(C)C)O2)cc1I. The molecule has 1 aromatic heterocycles. The minimum atomic E-state index is -1.94. The summed E-state index contributed by atoms with van der Waals surface area (Å²) in [5.74, 6) is 5.87. The van der Waals surface area contributed by atoms with Crippen LogP contribution in [0.4, 0.5) is 5.82 Å². The van der Waals surface area contributed by atoms with Crippen molar-refractivity contribution >= 4 is 43.1 Å². The first kappa shape index (κ1) is 24.4. The molecule has 9 nitrogen and oxygen atoms in total. The molecule has 1 aliphatic heterocycles. The second-order valence-corrected chi connectivity index (χ2v) is 14.9. The fraction of sp³-hybridized carbons (Fsp3) is 0.722. The maximum atomic E-state index is 12.6. The fourth-order valence-electron chi connectivity index (χ4n) is 2.58. The molecule has 1 unspecified atom stereocenters. The van der Waals surface area contributed by atoms with Crippen LogP contribution in [0.15, 0.2) is 16.0 Å². The van der Waals surface area contributed by atoms with Crippen molar-refractivity contribution in [2.45, 2.75) is 63.8 Å². The first-order valence-corrected chi connectivity index (χ1v) is 13.5. The summed E-state index contributed by atoms with van der Waals surface area (Å²) < 4.78 is 14.6. The summed E-state index contributed by atoms with van der Waals surface area (Å²) in [5, 5.41) is 0.0873. The van der Waals surface area contributed by atoms with Crippen LogP contribution in [0.2, 0.25) is 18.1 Å². The third-order valence-corrected chi connectivity index (χ3v) is 10.6. The van der Waals surface area contributed by atoms with Gasteiger partial charge in [0, 0.05) is 26.7 Å². The number of aromatic nitrogens is 2. The van der Waals surface area contributed by atoms with Gasteiger partial charge in [-0.2, -0.15) is 4.98 Å². The number of halogens is 1. The van der Waals surface area contributed by atoms with Crippen molar-refractivity contribution in [2.75, 3.05) is 20.7 Å². The Morgan fingerprint density at radius 3 is 2.69 bits per heavy atom. The molecule has 1 fully saturated rings. The van der Waals surface area contributed by atoms with Crippen LogP contribution >= 0.6 is 22.6 Å². The number of nitrogens with zero attached hydrogens (tertiary/aromatic N) is 4. The van der Waals surface area contributed by atoms with Crippen molar-refractivity contribution in [3.8, 4) is 0 Å². The molecule has 2 N–H and O–H groups in total. The van der Waals surface area contributed by atoms with E-state index in [9.17, 15) is 4.79 Å². The van der Waals surface area contributed by atoms with Crippen LogP contribution in [0.25, 0.3) is 0 Å². The van der Waals surface area contributed by atoms with Crippen molar-refractivity contribution < 1.29 is 14.0 Å². The monoisotopic (exact) mass is 537 g/mol. The Morgan fingerprint density at radius 1 is 1.48 bits per heavy atom. The highest BCUT2D eigenvalue weighted by atomic mass is 127. The number of aliphatic imine (C=N–C) groups is 1. The standard InChI is InChI=1S/C18H32IN5O4Si/c1-18(2,3)29(6,7)26-10-14-13(28-20)8-15(27-14)24-9-12(19)16(22-17(24)25)21-11-23(4)5/h9,11,13-15H,8,10,20H2,1-7H3/t13?,14-,15-/m1/s1. The first-order chi connectivity index (χ1) is 13.4. The zero-order valence-corrected chi connectivity index (χ0v) is 21.3. The van der Waals surface area contributed by atoms with Crippen molar-refractivity contribution in [1.29, 1.82) is 0 Å². The number of nitrogens with two attached hydrogens (primary N) is 1. The Morgan fingerprint density at radius 2 is 2.14 bits per heavy atom. The van der Waals surface area contributed by atoms with E-state index < -0.39 is 20.2 Å². The van der Waals surface area contributed by atoms with Crippen molar-refractivity contribution in [2.24, 2.45) is 10.9 Å². The quantitative estimate of drug-likeness (QED) is 0.188. The molecule has 164 valence electrons. The van der Waals surface area contributed by atoms with E-state index in [0.29, 0.717) is 18.8 Å². The predicted octanol–water partition coefficient (Wildman–Crippen LogP) is 2.64. The molecule has 0 saturated carbocycles. The van der Waals surface area contributed by atoms with Gasteiger partial charge in [-0.05, 0) is 40.7 Å². The maximum absolute atomic E-state index is 12.6. The molecule has 0 aromatic carbocycles. The van der Waals surface area contributed by atoms with Crippen LogP contribution < -0.4 is 11.6 Å².